The first-order valence-electron chi connectivity index (χ1n) is 6.02. The first-order chi connectivity index (χ1) is 8.59. The molecule has 4 nitrogen and oxygen atoms in total. The van der Waals surface area contributed by atoms with Gasteiger partial charge in [-0.15, -0.1) is 0 Å². The van der Waals surface area contributed by atoms with E-state index < -0.39 is 11.5 Å². The smallest absolute Gasteiger partial charge is 0.187 e. The zero-order valence-corrected chi connectivity index (χ0v) is 10.6. The van der Waals surface area contributed by atoms with Gasteiger partial charge in [-0.05, 0) is 6.42 Å². The fourth-order valence-corrected chi connectivity index (χ4v) is 2.26. The number of hydrogen-bond acceptors (Lipinski definition) is 4. The van der Waals surface area contributed by atoms with Crippen LogP contribution in [0.3, 0.4) is 0 Å². The molecule has 1 aromatic rings. The van der Waals surface area contributed by atoms with Crippen LogP contribution in [0.2, 0.25) is 0 Å². The first kappa shape index (κ1) is 13.1. The Labute approximate surface area is 105 Å². The quantitative estimate of drug-likeness (QED) is 0.823. The van der Waals surface area contributed by atoms with Crippen molar-refractivity contribution in [3.63, 3.8) is 0 Å². The summed E-state index contributed by atoms with van der Waals surface area (Å²) >= 11 is 0. The Morgan fingerprint density at radius 3 is 2.94 bits per heavy atom. The molecule has 1 aromatic heterocycles. The number of rotatable bonds is 4. The molecule has 0 aliphatic carbocycles. The summed E-state index contributed by atoms with van der Waals surface area (Å²) in [6, 6.07) is 0. The van der Waals surface area contributed by atoms with Crippen LogP contribution >= 0.6 is 0 Å². The van der Waals surface area contributed by atoms with E-state index in [0.29, 0.717) is 25.1 Å². The third-order valence-corrected chi connectivity index (χ3v) is 3.18. The van der Waals surface area contributed by atoms with Crippen LogP contribution < -0.4 is 4.90 Å². The van der Waals surface area contributed by atoms with Gasteiger partial charge in [-0.25, -0.2) is 18.7 Å². The van der Waals surface area contributed by atoms with E-state index in [2.05, 4.69) is 9.97 Å². The highest BCUT2D eigenvalue weighted by molar-refractivity contribution is 5.43. The molecule has 0 N–H and O–H groups in total. The van der Waals surface area contributed by atoms with Crippen LogP contribution in [0, 0.1) is 5.82 Å². The van der Waals surface area contributed by atoms with Gasteiger partial charge in [0.15, 0.2) is 17.3 Å². The van der Waals surface area contributed by atoms with Crippen molar-refractivity contribution in [1.82, 2.24) is 9.97 Å². The van der Waals surface area contributed by atoms with Gasteiger partial charge in [-0.2, -0.15) is 0 Å². The maximum absolute atomic E-state index is 14.2. The molecule has 0 bridgehead atoms. The normalized spacial score (nSPS) is 23.7. The van der Waals surface area contributed by atoms with Crippen molar-refractivity contribution in [2.45, 2.75) is 25.4 Å². The summed E-state index contributed by atoms with van der Waals surface area (Å²) in [6.07, 6.45) is 2.14. The Morgan fingerprint density at radius 2 is 2.28 bits per heavy atom. The number of hydrogen-bond donors (Lipinski definition) is 0. The van der Waals surface area contributed by atoms with Gasteiger partial charge in [-0.3, -0.25) is 0 Å². The van der Waals surface area contributed by atoms with E-state index in [1.54, 1.807) is 4.90 Å². The lowest BCUT2D eigenvalue weighted by Crippen LogP contribution is -2.34. The standard InChI is InChI=1S/C12H17F2N3O/c1-3-9-10(13)11(16-8-15-9)17-5-4-12(14,6-17)7-18-2/h8H,3-7H2,1-2H3. The van der Waals surface area contributed by atoms with Gasteiger partial charge >= 0.3 is 0 Å². The minimum absolute atomic E-state index is 0.0246. The monoisotopic (exact) mass is 257 g/mol. The molecule has 1 unspecified atom stereocenters. The predicted octanol–water partition coefficient (Wildman–Crippen LogP) is 1.74. The molecule has 1 aliphatic heterocycles. The summed E-state index contributed by atoms with van der Waals surface area (Å²) in [4.78, 5) is 9.42. The van der Waals surface area contributed by atoms with E-state index in [1.165, 1.54) is 13.4 Å². The number of ether oxygens (including phenoxy) is 1. The van der Waals surface area contributed by atoms with Gasteiger partial charge in [-0.1, -0.05) is 6.92 Å². The lowest BCUT2D eigenvalue weighted by atomic mass is 10.1. The van der Waals surface area contributed by atoms with Gasteiger partial charge < -0.3 is 9.64 Å². The Bertz CT molecular complexity index is 430. The van der Waals surface area contributed by atoms with Crippen LogP contribution in [0.5, 0.6) is 0 Å². The van der Waals surface area contributed by atoms with Crippen molar-refractivity contribution in [2.24, 2.45) is 0 Å². The van der Waals surface area contributed by atoms with Crippen molar-refractivity contribution in [3.8, 4) is 0 Å². The lowest BCUT2D eigenvalue weighted by Gasteiger charge is -2.21. The van der Waals surface area contributed by atoms with Gasteiger partial charge in [0.1, 0.15) is 6.33 Å². The largest absolute Gasteiger partial charge is 0.381 e. The summed E-state index contributed by atoms with van der Waals surface area (Å²) in [5, 5.41) is 0. The Kier molecular flexibility index (Phi) is 3.75. The third kappa shape index (κ3) is 2.43. The topological polar surface area (TPSA) is 38.2 Å². The molecule has 0 amide bonds. The average Bonchev–Trinajstić information content (AvgIpc) is 2.72. The maximum Gasteiger partial charge on any atom is 0.187 e. The number of nitrogens with zero attached hydrogens (tertiary/aromatic N) is 3. The zero-order valence-electron chi connectivity index (χ0n) is 10.6. The molecule has 0 aromatic carbocycles. The van der Waals surface area contributed by atoms with Crippen LogP contribution in [0.4, 0.5) is 14.6 Å². The van der Waals surface area contributed by atoms with E-state index in [9.17, 15) is 8.78 Å². The number of anilines is 1. The van der Waals surface area contributed by atoms with Crippen LogP contribution in [-0.4, -0.2) is 42.4 Å². The summed E-state index contributed by atoms with van der Waals surface area (Å²) in [5.74, 6) is -0.251. The molecule has 0 radical (unpaired) electrons. The van der Waals surface area contributed by atoms with Gasteiger partial charge in [0.05, 0.1) is 18.8 Å². The molecular weight excluding hydrogens is 240 g/mol. The summed E-state index contributed by atoms with van der Waals surface area (Å²) in [5.41, 5.74) is -1.05. The molecule has 1 aliphatic rings. The molecule has 2 heterocycles. The van der Waals surface area contributed by atoms with Crippen LogP contribution in [-0.2, 0) is 11.2 Å². The van der Waals surface area contributed by atoms with E-state index in [-0.39, 0.29) is 19.0 Å². The van der Waals surface area contributed by atoms with E-state index in [4.69, 9.17) is 4.74 Å². The zero-order chi connectivity index (χ0) is 13.2. The Balaban J connectivity index is 2.19. The highest BCUT2D eigenvalue weighted by Crippen LogP contribution is 2.30. The van der Waals surface area contributed by atoms with Crippen LogP contribution in [0.15, 0.2) is 6.33 Å². The van der Waals surface area contributed by atoms with Crippen molar-refractivity contribution < 1.29 is 13.5 Å². The van der Waals surface area contributed by atoms with E-state index in [0.717, 1.165) is 0 Å². The molecule has 1 atom stereocenters. The molecule has 6 heteroatoms. The highest BCUT2D eigenvalue weighted by atomic mass is 19.1. The second-order valence-electron chi connectivity index (χ2n) is 4.57. The number of aryl methyl sites for hydroxylation is 1. The van der Waals surface area contributed by atoms with E-state index >= 15 is 0 Å². The highest BCUT2D eigenvalue weighted by Gasteiger charge is 2.39. The number of methoxy groups -OCH3 is 1. The SMILES string of the molecule is CCc1ncnc(N2CCC(F)(COC)C2)c1F. The Morgan fingerprint density at radius 1 is 1.50 bits per heavy atom. The lowest BCUT2D eigenvalue weighted by molar-refractivity contribution is 0.0570. The van der Waals surface area contributed by atoms with Gasteiger partial charge in [0, 0.05) is 20.1 Å². The molecule has 2 rings (SSSR count). The fourth-order valence-electron chi connectivity index (χ4n) is 2.26. The maximum atomic E-state index is 14.2. The number of alkyl halides is 1. The molecule has 1 saturated heterocycles. The average molecular weight is 257 g/mol. The minimum Gasteiger partial charge on any atom is -0.381 e. The number of halogens is 2. The first-order valence-corrected chi connectivity index (χ1v) is 6.02. The fraction of sp³-hybridized carbons (Fsp3) is 0.667. The van der Waals surface area contributed by atoms with Crippen molar-refractivity contribution in [3.05, 3.63) is 17.8 Å². The minimum atomic E-state index is -1.42. The summed E-state index contributed by atoms with van der Waals surface area (Å²) < 4.78 is 33.1. The Hall–Kier alpha value is -1.30. The molecular formula is C12H17F2N3O. The molecule has 0 saturated carbocycles. The molecule has 100 valence electrons. The molecule has 0 spiro atoms. The second kappa shape index (κ2) is 5.14. The van der Waals surface area contributed by atoms with Gasteiger partial charge in [0.2, 0.25) is 0 Å². The summed E-state index contributed by atoms with van der Waals surface area (Å²) in [7, 11) is 1.46. The van der Waals surface area contributed by atoms with Crippen molar-refractivity contribution in [2.75, 3.05) is 31.7 Å². The third-order valence-electron chi connectivity index (χ3n) is 3.18. The van der Waals surface area contributed by atoms with Crippen LogP contribution in [0.1, 0.15) is 19.0 Å². The summed E-state index contributed by atoms with van der Waals surface area (Å²) in [6.45, 7) is 2.40. The van der Waals surface area contributed by atoms with Crippen LogP contribution in [0.25, 0.3) is 0 Å². The van der Waals surface area contributed by atoms with Crippen molar-refractivity contribution >= 4 is 5.82 Å². The number of aromatic nitrogens is 2. The molecule has 1 fully saturated rings. The predicted molar refractivity (Wildman–Crippen MR) is 63.9 cm³/mol. The second-order valence-corrected chi connectivity index (χ2v) is 4.57. The van der Waals surface area contributed by atoms with Crippen molar-refractivity contribution in [1.29, 1.82) is 0 Å². The molecule has 18 heavy (non-hydrogen) atoms. The van der Waals surface area contributed by atoms with Gasteiger partial charge in [0.25, 0.3) is 0 Å². The van der Waals surface area contributed by atoms with E-state index in [1.807, 2.05) is 6.92 Å².